The zero-order valence-electron chi connectivity index (χ0n) is 12.1. The van der Waals surface area contributed by atoms with Crippen LogP contribution in [0.5, 0.6) is 0 Å². The Morgan fingerprint density at radius 2 is 2.05 bits per heavy atom. The van der Waals surface area contributed by atoms with Gasteiger partial charge in [0.1, 0.15) is 6.61 Å². The first-order chi connectivity index (χ1) is 10.6. The lowest BCUT2D eigenvalue weighted by Crippen LogP contribution is -2.15. The van der Waals surface area contributed by atoms with Crippen molar-refractivity contribution in [1.82, 2.24) is 0 Å². The first-order valence-corrected chi connectivity index (χ1v) is 6.63. The number of benzene rings is 2. The third kappa shape index (κ3) is 3.65. The molecule has 0 spiro atoms. The maximum absolute atomic E-state index is 11.9. The van der Waals surface area contributed by atoms with E-state index in [0.29, 0.717) is 22.4 Å². The van der Waals surface area contributed by atoms with Crippen molar-refractivity contribution in [2.24, 2.45) is 0 Å². The van der Waals surface area contributed by atoms with Crippen molar-refractivity contribution in [3.05, 3.63) is 64.7 Å². The van der Waals surface area contributed by atoms with E-state index >= 15 is 0 Å². The fourth-order valence-corrected chi connectivity index (χ4v) is 1.99. The number of ether oxygens (including phenoxy) is 1. The summed E-state index contributed by atoms with van der Waals surface area (Å²) in [5.74, 6) is 2.47. The van der Waals surface area contributed by atoms with E-state index in [4.69, 9.17) is 16.4 Å². The molecular formula is C18H14N2O2. The van der Waals surface area contributed by atoms with Gasteiger partial charge in [-0.15, -0.1) is 6.42 Å². The molecule has 2 rings (SSSR count). The van der Waals surface area contributed by atoms with Crippen molar-refractivity contribution >= 4 is 11.8 Å². The van der Waals surface area contributed by atoms with Crippen LogP contribution in [0.1, 0.15) is 22.3 Å². The van der Waals surface area contributed by atoms with Crippen molar-refractivity contribution in [2.75, 3.05) is 5.32 Å². The number of terminal acetylenes is 1. The largest absolute Gasteiger partial charge is 0.444 e. The molecule has 0 heterocycles. The van der Waals surface area contributed by atoms with Crippen LogP contribution in [0, 0.1) is 30.6 Å². The minimum atomic E-state index is -0.590. The second-order valence-corrected chi connectivity index (χ2v) is 4.66. The monoisotopic (exact) mass is 290 g/mol. The third-order valence-electron chi connectivity index (χ3n) is 3.06. The molecule has 0 aliphatic carbocycles. The standard InChI is InChI=1S/C18H14N2O2/c1-3-16-10-15(11-19)9-13(2)17(16)20-18(21)22-12-14-7-5-4-6-8-14/h1,4-10H,12H2,2H3,(H,20,21). The molecular weight excluding hydrogens is 276 g/mol. The molecule has 0 saturated carbocycles. The molecule has 22 heavy (non-hydrogen) atoms. The second-order valence-electron chi connectivity index (χ2n) is 4.66. The smallest absolute Gasteiger partial charge is 0.412 e. The highest BCUT2D eigenvalue weighted by molar-refractivity contribution is 5.88. The van der Waals surface area contributed by atoms with Crippen molar-refractivity contribution < 1.29 is 9.53 Å². The van der Waals surface area contributed by atoms with Crippen LogP contribution in [0.2, 0.25) is 0 Å². The molecule has 0 unspecified atom stereocenters. The zero-order valence-corrected chi connectivity index (χ0v) is 12.1. The number of carbonyl (C=O) groups is 1. The predicted molar refractivity (Wildman–Crippen MR) is 84.1 cm³/mol. The summed E-state index contributed by atoms with van der Waals surface area (Å²) in [4.78, 5) is 11.9. The van der Waals surface area contributed by atoms with Crippen molar-refractivity contribution in [2.45, 2.75) is 13.5 Å². The lowest BCUT2D eigenvalue weighted by molar-refractivity contribution is 0.155. The number of carbonyl (C=O) groups excluding carboxylic acids is 1. The minimum Gasteiger partial charge on any atom is -0.444 e. The summed E-state index contributed by atoms with van der Waals surface area (Å²) < 4.78 is 5.16. The molecule has 0 radical (unpaired) electrons. The molecule has 4 heteroatoms. The molecule has 0 bridgehead atoms. The number of hydrogen-bond acceptors (Lipinski definition) is 3. The zero-order chi connectivity index (χ0) is 15.9. The molecule has 0 atom stereocenters. The SMILES string of the molecule is C#Cc1cc(C#N)cc(C)c1NC(=O)OCc1ccccc1. The molecule has 2 aromatic carbocycles. The van der Waals surface area contributed by atoms with Crippen LogP contribution >= 0.6 is 0 Å². The van der Waals surface area contributed by atoms with Gasteiger partial charge < -0.3 is 4.74 Å². The topological polar surface area (TPSA) is 62.1 Å². The minimum absolute atomic E-state index is 0.174. The highest BCUT2D eigenvalue weighted by atomic mass is 16.5. The summed E-state index contributed by atoms with van der Waals surface area (Å²) in [6, 6.07) is 14.6. The Hall–Kier alpha value is -3.24. The van der Waals surface area contributed by atoms with Crippen LogP contribution in [0.4, 0.5) is 10.5 Å². The Balaban J connectivity index is 2.09. The second kappa shape index (κ2) is 6.97. The van der Waals surface area contributed by atoms with Gasteiger partial charge in [0.15, 0.2) is 0 Å². The van der Waals surface area contributed by atoms with Crippen LogP contribution in [-0.4, -0.2) is 6.09 Å². The highest BCUT2D eigenvalue weighted by Crippen LogP contribution is 2.22. The van der Waals surface area contributed by atoms with Gasteiger partial charge in [0.25, 0.3) is 0 Å². The summed E-state index contributed by atoms with van der Waals surface area (Å²) in [5, 5.41) is 11.6. The van der Waals surface area contributed by atoms with E-state index in [1.54, 1.807) is 19.1 Å². The maximum Gasteiger partial charge on any atom is 0.412 e. The number of aryl methyl sites for hydroxylation is 1. The summed E-state index contributed by atoms with van der Waals surface area (Å²) >= 11 is 0. The summed E-state index contributed by atoms with van der Waals surface area (Å²) in [6.45, 7) is 1.95. The fraction of sp³-hybridized carbons (Fsp3) is 0.111. The molecule has 0 aliphatic heterocycles. The Kier molecular flexibility index (Phi) is 4.80. The van der Waals surface area contributed by atoms with E-state index in [0.717, 1.165) is 5.56 Å². The summed E-state index contributed by atoms with van der Waals surface area (Å²) in [7, 11) is 0. The van der Waals surface area contributed by atoms with E-state index in [1.807, 2.05) is 36.4 Å². The van der Waals surface area contributed by atoms with Gasteiger partial charge in [-0.3, -0.25) is 5.32 Å². The Morgan fingerprint density at radius 1 is 1.32 bits per heavy atom. The van der Waals surface area contributed by atoms with Crippen molar-refractivity contribution in [3.63, 3.8) is 0 Å². The number of hydrogen-bond donors (Lipinski definition) is 1. The average molecular weight is 290 g/mol. The predicted octanol–water partition coefficient (Wildman–Crippen LogP) is 3.60. The summed E-state index contributed by atoms with van der Waals surface area (Å²) in [6.07, 6.45) is 4.84. The van der Waals surface area contributed by atoms with Crippen molar-refractivity contribution in [3.8, 4) is 18.4 Å². The molecule has 0 aromatic heterocycles. The Morgan fingerprint density at radius 3 is 2.68 bits per heavy atom. The quantitative estimate of drug-likeness (QED) is 0.878. The number of nitrogens with zero attached hydrogens (tertiary/aromatic N) is 1. The third-order valence-corrected chi connectivity index (χ3v) is 3.06. The molecule has 0 saturated heterocycles. The lowest BCUT2D eigenvalue weighted by Gasteiger charge is -2.12. The number of rotatable bonds is 3. The van der Waals surface area contributed by atoms with Crippen LogP contribution in [0.3, 0.4) is 0 Å². The van der Waals surface area contributed by atoms with Gasteiger partial charge in [-0.25, -0.2) is 4.79 Å². The molecule has 2 aromatic rings. The molecule has 108 valence electrons. The molecule has 0 fully saturated rings. The van der Waals surface area contributed by atoms with Gasteiger partial charge >= 0.3 is 6.09 Å². The van der Waals surface area contributed by atoms with E-state index in [9.17, 15) is 4.79 Å². The van der Waals surface area contributed by atoms with Crippen LogP contribution < -0.4 is 5.32 Å². The van der Waals surface area contributed by atoms with E-state index in [1.165, 1.54) is 0 Å². The maximum atomic E-state index is 11.9. The van der Waals surface area contributed by atoms with E-state index < -0.39 is 6.09 Å². The van der Waals surface area contributed by atoms with Gasteiger partial charge in [0.2, 0.25) is 0 Å². The van der Waals surface area contributed by atoms with Gasteiger partial charge in [-0.1, -0.05) is 36.3 Å². The first kappa shape index (κ1) is 15.2. The highest BCUT2D eigenvalue weighted by Gasteiger charge is 2.11. The number of amides is 1. The normalized spacial score (nSPS) is 9.41. The van der Waals surface area contributed by atoms with Crippen molar-refractivity contribution in [1.29, 1.82) is 5.26 Å². The van der Waals surface area contributed by atoms with Gasteiger partial charge in [-0.05, 0) is 30.2 Å². The average Bonchev–Trinajstić information content (AvgIpc) is 2.55. The van der Waals surface area contributed by atoms with E-state index in [2.05, 4.69) is 11.2 Å². The Labute approximate surface area is 129 Å². The van der Waals surface area contributed by atoms with Gasteiger partial charge in [0.05, 0.1) is 17.3 Å². The Bertz CT molecular complexity index is 768. The van der Waals surface area contributed by atoms with Crippen LogP contribution in [-0.2, 0) is 11.3 Å². The lowest BCUT2D eigenvalue weighted by atomic mass is 10.0. The van der Waals surface area contributed by atoms with Gasteiger partial charge in [-0.2, -0.15) is 5.26 Å². The van der Waals surface area contributed by atoms with Crippen LogP contribution in [0.15, 0.2) is 42.5 Å². The van der Waals surface area contributed by atoms with E-state index in [-0.39, 0.29) is 6.61 Å². The molecule has 4 nitrogen and oxygen atoms in total. The first-order valence-electron chi connectivity index (χ1n) is 6.63. The molecule has 1 N–H and O–H groups in total. The number of nitriles is 1. The van der Waals surface area contributed by atoms with Crippen LogP contribution in [0.25, 0.3) is 0 Å². The number of anilines is 1. The molecule has 1 amide bonds. The number of nitrogens with one attached hydrogen (secondary N) is 1. The van der Waals surface area contributed by atoms with Gasteiger partial charge in [0, 0.05) is 5.56 Å². The molecule has 0 aliphatic rings. The summed E-state index contributed by atoms with van der Waals surface area (Å²) in [5.41, 5.74) is 3.00. The fourth-order valence-electron chi connectivity index (χ4n) is 1.99.